The van der Waals surface area contributed by atoms with E-state index in [1.807, 2.05) is 0 Å². The van der Waals surface area contributed by atoms with Crippen LogP contribution >= 0.6 is 0 Å². The number of ether oxygens (including phenoxy) is 1. The van der Waals surface area contributed by atoms with Crippen LogP contribution in [0.3, 0.4) is 0 Å². The van der Waals surface area contributed by atoms with Gasteiger partial charge in [-0.3, -0.25) is 9.88 Å². The zero-order chi connectivity index (χ0) is 13.7. The van der Waals surface area contributed by atoms with Crippen LogP contribution in [0, 0.1) is 12.3 Å². The van der Waals surface area contributed by atoms with E-state index in [2.05, 4.69) is 23.2 Å². The average Bonchev–Trinajstić information content (AvgIpc) is 2.34. The molecule has 108 valence electrons. The quantitative estimate of drug-likeness (QED) is 0.877. The maximum Gasteiger partial charge on any atom is 0.125 e. The van der Waals surface area contributed by atoms with Crippen molar-refractivity contribution in [1.29, 1.82) is 0 Å². The summed E-state index contributed by atoms with van der Waals surface area (Å²) in [5, 5.41) is 3.41. The van der Waals surface area contributed by atoms with Crippen LogP contribution in [0.25, 0.3) is 0 Å². The molecule has 4 nitrogen and oxygen atoms in total. The molecule has 1 aliphatic carbocycles. The minimum atomic E-state index is 0.621. The van der Waals surface area contributed by atoms with Crippen LogP contribution in [-0.4, -0.2) is 49.2 Å². The fourth-order valence-corrected chi connectivity index (χ4v) is 4.07. The average molecular weight is 273 g/mol. The molecule has 0 bridgehead atoms. The fourth-order valence-electron chi connectivity index (χ4n) is 4.07. The first-order chi connectivity index (χ1) is 9.69. The van der Waals surface area contributed by atoms with Gasteiger partial charge in [0.05, 0.1) is 7.11 Å². The Morgan fingerprint density at radius 1 is 1.40 bits per heavy atom. The number of nitrogens with one attached hydrogen (secondary N) is 1. The molecule has 1 aromatic heterocycles. The van der Waals surface area contributed by atoms with E-state index < -0.39 is 0 Å². The summed E-state index contributed by atoms with van der Waals surface area (Å²) in [6.07, 6.45) is 3.45. The normalized spacial score (nSPS) is 27.6. The molecule has 0 saturated carbocycles. The molecule has 1 spiro atoms. The summed E-state index contributed by atoms with van der Waals surface area (Å²) in [6.45, 7) is 7.05. The Hall–Kier alpha value is -1.13. The Balaban J connectivity index is 1.51. The smallest absolute Gasteiger partial charge is 0.125 e. The van der Waals surface area contributed by atoms with Crippen molar-refractivity contribution in [1.82, 2.24) is 15.2 Å². The van der Waals surface area contributed by atoms with Crippen LogP contribution in [0.1, 0.15) is 23.4 Å². The molecule has 4 rings (SSSR count). The number of aryl methyl sites for hydroxylation is 2. The zero-order valence-corrected chi connectivity index (χ0v) is 12.4. The van der Waals surface area contributed by atoms with Gasteiger partial charge >= 0.3 is 0 Å². The molecular weight excluding hydrogens is 250 g/mol. The topological polar surface area (TPSA) is 37.4 Å². The molecule has 1 unspecified atom stereocenters. The summed E-state index contributed by atoms with van der Waals surface area (Å²) < 4.78 is 5.58. The van der Waals surface area contributed by atoms with Crippen molar-refractivity contribution in [3.8, 4) is 5.75 Å². The van der Waals surface area contributed by atoms with Crippen molar-refractivity contribution < 1.29 is 4.74 Å². The number of hydrogen-bond donors (Lipinski definition) is 1. The molecule has 2 saturated heterocycles. The van der Waals surface area contributed by atoms with Gasteiger partial charge in [0, 0.05) is 60.7 Å². The number of likely N-dealkylation sites (tertiary alicyclic amines) is 1. The van der Waals surface area contributed by atoms with Gasteiger partial charge in [-0.25, -0.2) is 0 Å². The maximum atomic E-state index is 5.58. The molecule has 20 heavy (non-hydrogen) atoms. The molecule has 0 amide bonds. The summed E-state index contributed by atoms with van der Waals surface area (Å²) in [5.74, 6) is 1.04. The standard InChI is InChI=1S/C16H23N3O/c1-11-5-15(20-2)13-6-12(3-4-14(13)18-11)19-9-16(10-19)7-17-8-16/h5,12,17H,3-4,6-10H2,1-2H3. The molecule has 2 aliphatic heterocycles. The van der Waals surface area contributed by atoms with Crippen molar-refractivity contribution in [2.24, 2.45) is 5.41 Å². The van der Waals surface area contributed by atoms with E-state index in [-0.39, 0.29) is 0 Å². The van der Waals surface area contributed by atoms with E-state index in [4.69, 9.17) is 9.72 Å². The number of rotatable bonds is 2. The molecule has 4 heteroatoms. The number of hydrogen-bond acceptors (Lipinski definition) is 4. The number of nitrogens with zero attached hydrogens (tertiary/aromatic N) is 2. The largest absolute Gasteiger partial charge is 0.496 e. The van der Waals surface area contributed by atoms with Gasteiger partial charge < -0.3 is 10.1 Å². The highest BCUT2D eigenvalue weighted by Gasteiger charge is 2.49. The number of aromatic nitrogens is 1. The Morgan fingerprint density at radius 3 is 2.85 bits per heavy atom. The lowest BCUT2D eigenvalue weighted by Gasteiger charge is -2.59. The molecule has 0 radical (unpaired) electrons. The van der Waals surface area contributed by atoms with Crippen molar-refractivity contribution in [2.45, 2.75) is 32.2 Å². The summed E-state index contributed by atoms with van der Waals surface area (Å²) in [7, 11) is 1.78. The van der Waals surface area contributed by atoms with E-state index in [0.29, 0.717) is 11.5 Å². The van der Waals surface area contributed by atoms with Crippen LogP contribution in [-0.2, 0) is 12.8 Å². The fraction of sp³-hybridized carbons (Fsp3) is 0.688. The van der Waals surface area contributed by atoms with Gasteiger partial charge in [0.25, 0.3) is 0 Å². The Morgan fingerprint density at radius 2 is 2.20 bits per heavy atom. The van der Waals surface area contributed by atoms with E-state index in [1.165, 1.54) is 43.9 Å². The molecule has 2 fully saturated rings. The third-order valence-electron chi connectivity index (χ3n) is 5.26. The van der Waals surface area contributed by atoms with Crippen LogP contribution < -0.4 is 10.1 Å². The Kier molecular flexibility index (Phi) is 2.79. The first-order valence-corrected chi connectivity index (χ1v) is 7.67. The van der Waals surface area contributed by atoms with Crippen LogP contribution in [0.5, 0.6) is 5.75 Å². The highest BCUT2D eigenvalue weighted by molar-refractivity contribution is 5.40. The van der Waals surface area contributed by atoms with Gasteiger partial charge in [-0.1, -0.05) is 0 Å². The molecule has 1 atom stereocenters. The van der Waals surface area contributed by atoms with Gasteiger partial charge in [0.2, 0.25) is 0 Å². The van der Waals surface area contributed by atoms with E-state index >= 15 is 0 Å². The summed E-state index contributed by atoms with van der Waals surface area (Å²) >= 11 is 0. The third kappa shape index (κ3) is 1.85. The highest BCUT2D eigenvalue weighted by atomic mass is 16.5. The first-order valence-electron chi connectivity index (χ1n) is 7.67. The number of methoxy groups -OCH3 is 1. The molecule has 3 heterocycles. The number of fused-ring (bicyclic) bond motifs is 1. The second kappa shape index (κ2) is 4.43. The summed E-state index contributed by atoms with van der Waals surface area (Å²) in [5.41, 5.74) is 4.30. The molecule has 0 aromatic carbocycles. The van der Waals surface area contributed by atoms with Gasteiger partial charge in [-0.15, -0.1) is 0 Å². The predicted octanol–water partition coefficient (Wildman–Crippen LogP) is 1.16. The first kappa shape index (κ1) is 12.6. The maximum absolute atomic E-state index is 5.58. The minimum absolute atomic E-state index is 0.621. The highest BCUT2D eigenvalue weighted by Crippen LogP contribution is 2.39. The van der Waals surface area contributed by atoms with Crippen molar-refractivity contribution >= 4 is 0 Å². The predicted molar refractivity (Wildman–Crippen MR) is 78.2 cm³/mol. The van der Waals surface area contributed by atoms with Crippen LogP contribution in [0.2, 0.25) is 0 Å². The van der Waals surface area contributed by atoms with Crippen molar-refractivity contribution in [3.63, 3.8) is 0 Å². The zero-order valence-electron chi connectivity index (χ0n) is 12.4. The SMILES string of the molecule is COc1cc(C)nc2c1CC(N1CC3(CNC3)C1)CC2. The van der Waals surface area contributed by atoms with E-state index in [0.717, 1.165) is 24.3 Å². The van der Waals surface area contributed by atoms with Gasteiger partial charge in [0.15, 0.2) is 0 Å². The Bertz CT molecular complexity index is 514. The number of pyridine rings is 1. The Labute approximate surface area is 120 Å². The van der Waals surface area contributed by atoms with E-state index in [9.17, 15) is 0 Å². The molecule has 1 N–H and O–H groups in total. The summed E-state index contributed by atoms with van der Waals surface area (Å²) in [4.78, 5) is 7.38. The lowest BCUT2D eigenvalue weighted by Crippen LogP contribution is -2.72. The van der Waals surface area contributed by atoms with Crippen molar-refractivity contribution in [3.05, 3.63) is 23.0 Å². The second-order valence-corrected chi connectivity index (χ2v) is 6.80. The van der Waals surface area contributed by atoms with Crippen LogP contribution in [0.15, 0.2) is 6.07 Å². The van der Waals surface area contributed by atoms with Gasteiger partial charge in [-0.05, 0) is 26.2 Å². The van der Waals surface area contributed by atoms with E-state index in [1.54, 1.807) is 7.11 Å². The molecule has 3 aliphatic rings. The molecular formula is C16H23N3O. The minimum Gasteiger partial charge on any atom is -0.496 e. The lowest BCUT2D eigenvalue weighted by atomic mass is 9.72. The second-order valence-electron chi connectivity index (χ2n) is 6.80. The lowest BCUT2D eigenvalue weighted by molar-refractivity contribution is -0.0676. The van der Waals surface area contributed by atoms with Gasteiger partial charge in [0.1, 0.15) is 5.75 Å². The third-order valence-corrected chi connectivity index (χ3v) is 5.26. The van der Waals surface area contributed by atoms with Crippen molar-refractivity contribution in [2.75, 3.05) is 33.3 Å². The molecule has 1 aromatic rings. The van der Waals surface area contributed by atoms with Crippen LogP contribution in [0.4, 0.5) is 0 Å². The summed E-state index contributed by atoms with van der Waals surface area (Å²) in [6, 6.07) is 2.77. The monoisotopic (exact) mass is 273 g/mol. The van der Waals surface area contributed by atoms with Gasteiger partial charge in [-0.2, -0.15) is 0 Å².